The zero-order chi connectivity index (χ0) is 17.3. The minimum Gasteiger partial charge on any atom is -0.477 e. The maximum atomic E-state index is 5.96. The standard InChI is InChI=1S/C20H20N4O2/c1-2-6-17-14(4-1)12-18(26-17)16-13-22-19-7-8-20(23-24(16)19)25-11-9-15-5-3-10-21-15/h1-2,4,6-8,12-13,15,21H,3,5,9-11H2. The van der Waals surface area contributed by atoms with E-state index < -0.39 is 0 Å². The van der Waals surface area contributed by atoms with Crippen LogP contribution in [0.2, 0.25) is 0 Å². The number of para-hydroxylation sites is 1. The summed E-state index contributed by atoms with van der Waals surface area (Å²) in [5.41, 5.74) is 2.44. The number of benzene rings is 1. The minimum absolute atomic E-state index is 0.568. The fraction of sp³-hybridized carbons (Fsp3) is 0.300. The number of hydrogen-bond donors (Lipinski definition) is 1. The van der Waals surface area contributed by atoms with E-state index in [0.29, 0.717) is 18.5 Å². The smallest absolute Gasteiger partial charge is 0.231 e. The molecule has 0 bridgehead atoms. The molecule has 5 rings (SSSR count). The van der Waals surface area contributed by atoms with Gasteiger partial charge in [0.1, 0.15) is 11.3 Å². The van der Waals surface area contributed by atoms with E-state index in [2.05, 4.69) is 15.4 Å². The van der Waals surface area contributed by atoms with Crippen LogP contribution < -0.4 is 10.1 Å². The predicted molar refractivity (Wildman–Crippen MR) is 99.3 cm³/mol. The van der Waals surface area contributed by atoms with Crippen molar-refractivity contribution in [2.75, 3.05) is 13.2 Å². The van der Waals surface area contributed by atoms with Gasteiger partial charge in [-0.15, -0.1) is 5.10 Å². The summed E-state index contributed by atoms with van der Waals surface area (Å²) in [5, 5.41) is 9.14. The molecule has 0 spiro atoms. The number of aromatic nitrogens is 3. The van der Waals surface area contributed by atoms with Crippen LogP contribution in [0.25, 0.3) is 28.1 Å². The molecule has 4 heterocycles. The van der Waals surface area contributed by atoms with Gasteiger partial charge < -0.3 is 14.5 Å². The molecule has 1 unspecified atom stereocenters. The van der Waals surface area contributed by atoms with Crippen molar-refractivity contribution in [3.05, 3.63) is 48.7 Å². The first kappa shape index (κ1) is 15.4. The highest BCUT2D eigenvalue weighted by Gasteiger charge is 2.15. The zero-order valence-corrected chi connectivity index (χ0v) is 14.4. The van der Waals surface area contributed by atoms with Crippen LogP contribution in [0.1, 0.15) is 19.3 Å². The van der Waals surface area contributed by atoms with Gasteiger partial charge in [-0.2, -0.15) is 0 Å². The maximum Gasteiger partial charge on any atom is 0.231 e. The lowest BCUT2D eigenvalue weighted by molar-refractivity contribution is 0.278. The van der Waals surface area contributed by atoms with E-state index in [9.17, 15) is 0 Å². The highest BCUT2D eigenvalue weighted by Crippen LogP contribution is 2.28. The van der Waals surface area contributed by atoms with Crippen LogP contribution in [-0.4, -0.2) is 33.8 Å². The van der Waals surface area contributed by atoms with Crippen LogP contribution in [0, 0.1) is 0 Å². The molecule has 1 aliphatic heterocycles. The molecular formula is C20H20N4O2. The van der Waals surface area contributed by atoms with Crippen molar-refractivity contribution < 1.29 is 9.15 Å². The van der Waals surface area contributed by atoms with E-state index in [1.54, 1.807) is 10.7 Å². The highest BCUT2D eigenvalue weighted by atomic mass is 16.5. The summed E-state index contributed by atoms with van der Waals surface area (Å²) in [6.07, 6.45) is 5.27. The van der Waals surface area contributed by atoms with E-state index in [1.165, 1.54) is 12.8 Å². The van der Waals surface area contributed by atoms with Crippen LogP contribution in [-0.2, 0) is 0 Å². The van der Waals surface area contributed by atoms with E-state index in [0.717, 1.165) is 41.0 Å². The Balaban J connectivity index is 1.41. The number of fused-ring (bicyclic) bond motifs is 2. The summed E-state index contributed by atoms with van der Waals surface area (Å²) in [5.74, 6) is 1.35. The summed E-state index contributed by atoms with van der Waals surface area (Å²) in [4.78, 5) is 4.42. The maximum absolute atomic E-state index is 5.96. The summed E-state index contributed by atoms with van der Waals surface area (Å²) in [6.45, 7) is 1.77. The van der Waals surface area contributed by atoms with Crippen LogP contribution in [0.5, 0.6) is 5.88 Å². The van der Waals surface area contributed by atoms with Gasteiger partial charge in [0.2, 0.25) is 5.88 Å². The van der Waals surface area contributed by atoms with Crippen LogP contribution >= 0.6 is 0 Å². The molecule has 132 valence electrons. The Hall–Kier alpha value is -2.86. The molecule has 1 aliphatic rings. The molecule has 3 aromatic heterocycles. The first-order valence-corrected chi connectivity index (χ1v) is 9.07. The second kappa shape index (κ2) is 6.46. The molecule has 26 heavy (non-hydrogen) atoms. The van der Waals surface area contributed by atoms with Crippen LogP contribution in [0.15, 0.2) is 53.1 Å². The predicted octanol–water partition coefficient (Wildman–Crippen LogP) is 3.66. The Bertz CT molecular complexity index is 1010. The molecule has 1 aromatic carbocycles. The van der Waals surface area contributed by atoms with Gasteiger partial charge in [-0.3, -0.25) is 0 Å². The normalized spacial score (nSPS) is 17.3. The molecule has 0 amide bonds. The topological polar surface area (TPSA) is 64.6 Å². The molecule has 6 heteroatoms. The first-order chi connectivity index (χ1) is 12.9. The quantitative estimate of drug-likeness (QED) is 0.596. The number of nitrogens with one attached hydrogen (secondary N) is 1. The van der Waals surface area contributed by atoms with Gasteiger partial charge in [0, 0.05) is 17.5 Å². The van der Waals surface area contributed by atoms with Crippen molar-refractivity contribution in [3.8, 4) is 17.3 Å². The fourth-order valence-electron chi connectivity index (χ4n) is 3.52. The van der Waals surface area contributed by atoms with Gasteiger partial charge in [-0.05, 0) is 44.0 Å². The average molecular weight is 348 g/mol. The van der Waals surface area contributed by atoms with Crippen molar-refractivity contribution in [1.29, 1.82) is 0 Å². The lowest BCUT2D eigenvalue weighted by Crippen LogP contribution is -2.23. The largest absolute Gasteiger partial charge is 0.477 e. The lowest BCUT2D eigenvalue weighted by Gasteiger charge is -2.10. The van der Waals surface area contributed by atoms with Gasteiger partial charge in [-0.1, -0.05) is 18.2 Å². The van der Waals surface area contributed by atoms with Gasteiger partial charge in [-0.25, -0.2) is 9.50 Å². The summed E-state index contributed by atoms with van der Waals surface area (Å²) in [7, 11) is 0. The van der Waals surface area contributed by atoms with E-state index in [-0.39, 0.29) is 0 Å². The number of rotatable bonds is 5. The molecule has 1 fully saturated rings. The van der Waals surface area contributed by atoms with Crippen molar-refractivity contribution in [3.63, 3.8) is 0 Å². The SMILES string of the molecule is c1ccc2oc(-c3cnc4ccc(OCCC5CCCN5)nn34)cc2c1. The third-order valence-electron chi connectivity index (χ3n) is 4.89. The molecule has 1 N–H and O–H groups in total. The van der Waals surface area contributed by atoms with E-state index in [4.69, 9.17) is 9.15 Å². The third kappa shape index (κ3) is 2.82. The van der Waals surface area contributed by atoms with E-state index >= 15 is 0 Å². The Morgan fingerprint density at radius 3 is 3.08 bits per heavy atom. The minimum atomic E-state index is 0.568. The second-order valence-electron chi connectivity index (χ2n) is 6.66. The van der Waals surface area contributed by atoms with Gasteiger partial charge in [0.05, 0.1) is 12.8 Å². The number of ether oxygens (including phenoxy) is 1. The Kier molecular flexibility index (Phi) is 3.83. The monoisotopic (exact) mass is 348 g/mol. The molecule has 0 radical (unpaired) electrons. The van der Waals surface area contributed by atoms with Crippen molar-refractivity contribution in [1.82, 2.24) is 19.9 Å². The van der Waals surface area contributed by atoms with Crippen molar-refractivity contribution in [2.45, 2.75) is 25.3 Å². The summed E-state index contributed by atoms with van der Waals surface area (Å²) >= 11 is 0. The zero-order valence-electron chi connectivity index (χ0n) is 14.4. The summed E-state index contributed by atoms with van der Waals surface area (Å²) < 4.78 is 13.6. The third-order valence-corrected chi connectivity index (χ3v) is 4.89. The van der Waals surface area contributed by atoms with E-state index in [1.807, 2.05) is 42.5 Å². The molecule has 1 atom stereocenters. The number of nitrogens with zero attached hydrogens (tertiary/aromatic N) is 3. The Morgan fingerprint density at radius 2 is 2.19 bits per heavy atom. The highest BCUT2D eigenvalue weighted by molar-refractivity contribution is 5.82. The Labute approximate surface area is 150 Å². The summed E-state index contributed by atoms with van der Waals surface area (Å²) in [6, 6.07) is 14.3. The lowest BCUT2D eigenvalue weighted by atomic mass is 10.2. The first-order valence-electron chi connectivity index (χ1n) is 9.07. The number of furan rings is 1. The van der Waals surface area contributed by atoms with Crippen LogP contribution in [0.4, 0.5) is 0 Å². The number of imidazole rings is 1. The molecule has 1 saturated heterocycles. The van der Waals surface area contributed by atoms with Crippen LogP contribution in [0.3, 0.4) is 0 Å². The molecule has 0 aliphatic carbocycles. The fourth-order valence-corrected chi connectivity index (χ4v) is 3.52. The average Bonchev–Trinajstić information content (AvgIpc) is 3.40. The second-order valence-corrected chi connectivity index (χ2v) is 6.66. The van der Waals surface area contributed by atoms with Crippen molar-refractivity contribution >= 4 is 16.6 Å². The van der Waals surface area contributed by atoms with Crippen molar-refractivity contribution in [2.24, 2.45) is 0 Å². The van der Waals surface area contributed by atoms with Gasteiger partial charge in [0.15, 0.2) is 11.4 Å². The number of hydrogen-bond acceptors (Lipinski definition) is 5. The molecular weight excluding hydrogens is 328 g/mol. The Morgan fingerprint density at radius 1 is 1.23 bits per heavy atom. The molecule has 6 nitrogen and oxygen atoms in total. The van der Waals surface area contributed by atoms with Gasteiger partial charge >= 0.3 is 0 Å². The molecule has 0 saturated carbocycles. The van der Waals surface area contributed by atoms with Gasteiger partial charge in [0.25, 0.3) is 0 Å². The molecule has 4 aromatic rings.